The molecule has 1 aromatic rings. The van der Waals surface area contributed by atoms with Gasteiger partial charge in [-0.25, -0.2) is 5.10 Å². The van der Waals surface area contributed by atoms with Crippen LogP contribution in [0.5, 0.6) is 6.01 Å². The lowest BCUT2D eigenvalue weighted by molar-refractivity contribution is -0.116. The third kappa shape index (κ3) is 4.29. The zero-order valence-electron chi connectivity index (χ0n) is 9.75. The fourth-order valence-corrected chi connectivity index (χ4v) is 1.23. The van der Waals surface area contributed by atoms with E-state index in [0.717, 1.165) is 19.3 Å². The van der Waals surface area contributed by atoms with Gasteiger partial charge in [0.2, 0.25) is 11.9 Å². The molecule has 0 saturated carbocycles. The van der Waals surface area contributed by atoms with Crippen LogP contribution in [-0.2, 0) is 4.79 Å². The molecule has 0 saturated heterocycles. The molecule has 6 heteroatoms. The van der Waals surface area contributed by atoms with Crippen molar-refractivity contribution in [3.05, 3.63) is 0 Å². The van der Waals surface area contributed by atoms with Crippen molar-refractivity contribution in [1.82, 2.24) is 15.2 Å². The minimum absolute atomic E-state index is 0.0485. The number of nitrogens with zero attached hydrogens (tertiary/aromatic N) is 2. The molecular formula is C10H18N4O2. The van der Waals surface area contributed by atoms with Crippen molar-refractivity contribution >= 4 is 11.9 Å². The van der Waals surface area contributed by atoms with E-state index in [1.165, 1.54) is 0 Å². The second-order valence-corrected chi connectivity index (χ2v) is 3.40. The summed E-state index contributed by atoms with van der Waals surface area (Å²) in [6, 6.07) is 0.256. The van der Waals surface area contributed by atoms with Gasteiger partial charge >= 0.3 is 6.01 Å². The lowest BCUT2D eigenvalue weighted by Crippen LogP contribution is -2.12. The Morgan fingerprint density at radius 3 is 2.94 bits per heavy atom. The lowest BCUT2D eigenvalue weighted by atomic mass is 10.2. The number of aromatic amines is 1. The number of hydrogen-bond acceptors (Lipinski definition) is 4. The van der Waals surface area contributed by atoms with Gasteiger partial charge in [0.25, 0.3) is 0 Å². The summed E-state index contributed by atoms with van der Waals surface area (Å²) in [6.45, 7) is 4.45. The van der Waals surface area contributed by atoms with E-state index in [9.17, 15) is 4.79 Å². The number of anilines is 1. The Balaban J connectivity index is 2.31. The first kappa shape index (κ1) is 12.5. The van der Waals surface area contributed by atoms with Gasteiger partial charge in [-0.15, -0.1) is 5.10 Å². The number of ether oxygens (including phenoxy) is 1. The number of H-pyrrole nitrogens is 1. The number of amides is 1. The SMILES string of the molecule is CCCCCC(=O)Nc1nc(OCC)n[nH]1. The van der Waals surface area contributed by atoms with Crippen molar-refractivity contribution in [2.75, 3.05) is 11.9 Å². The summed E-state index contributed by atoms with van der Waals surface area (Å²) >= 11 is 0. The molecule has 0 aromatic carbocycles. The Labute approximate surface area is 94.8 Å². The Hall–Kier alpha value is -1.59. The summed E-state index contributed by atoms with van der Waals surface area (Å²) in [5.74, 6) is 0.289. The van der Waals surface area contributed by atoms with Gasteiger partial charge in [-0.3, -0.25) is 10.1 Å². The van der Waals surface area contributed by atoms with Crippen molar-refractivity contribution in [3.8, 4) is 6.01 Å². The third-order valence-corrected chi connectivity index (χ3v) is 2.00. The molecule has 6 nitrogen and oxygen atoms in total. The van der Waals surface area contributed by atoms with E-state index in [2.05, 4.69) is 27.4 Å². The molecule has 0 fully saturated rings. The van der Waals surface area contributed by atoms with Crippen molar-refractivity contribution < 1.29 is 9.53 Å². The van der Waals surface area contributed by atoms with Crippen LogP contribution in [0.1, 0.15) is 39.5 Å². The molecule has 0 aliphatic heterocycles. The van der Waals surface area contributed by atoms with Crippen molar-refractivity contribution in [2.45, 2.75) is 39.5 Å². The maximum Gasteiger partial charge on any atom is 0.337 e. The Morgan fingerprint density at radius 2 is 2.25 bits per heavy atom. The molecular weight excluding hydrogens is 208 g/mol. The van der Waals surface area contributed by atoms with Crippen molar-refractivity contribution in [1.29, 1.82) is 0 Å². The fraction of sp³-hybridized carbons (Fsp3) is 0.700. The lowest BCUT2D eigenvalue weighted by Gasteiger charge is -1.99. The molecule has 0 bridgehead atoms. The van der Waals surface area contributed by atoms with Gasteiger partial charge < -0.3 is 4.74 Å². The first-order chi connectivity index (χ1) is 7.76. The normalized spacial score (nSPS) is 10.1. The molecule has 90 valence electrons. The van der Waals surface area contributed by atoms with Gasteiger partial charge in [0.1, 0.15) is 0 Å². The van der Waals surface area contributed by atoms with Crippen LogP contribution in [0, 0.1) is 0 Å². The smallest absolute Gasteiger partial charge is 0.337 e. The fourth-order valence-electron chi connectivity index (χ4n) is 1.23. The highest BCUT2D eigenvalue weighted by atomic mass is 16.5. The Morgan fingerprint density at radius 1 is 1.44 bits per heavy atom. The molecule has 2 N–H and O–H groups in total. The van der Waals surface area contributed by atoms with Gasteiger partial charge in [0.15, 0.2) is 0 Å². The largest absolute Gasteiger partial charge is 0.463 e. The van der Waals surface area contributed by atoms with Crippen molar-refractivity contribution in [2.24, 2.45) is 0 Å². The highest BCUT2D eigenvalue weighted by Crippen LogP contribution is 2.07. The number of aromatic nitrogens is 3. The molecule has 0 unspecified atom stereocenters. The molecule has 1 rings (SSSR count). The number of carbonyl (C=O) groups excluding carboxylic acids is 1. The van der Waals surface area contributed by atoms with Crippen LogP contribution in [0.2, 0.25) is 0 Å². The minimum atomic E-state index is -0.0485. The summed E-state index contributed by atoms with van der Waals surface area (Å²) in [4.78, 5) is 15.4. The molecule has 1 heterocycles. The van der Waals surface area contributed by atoms with Gasteiger partial charge in [0.05, 0.1) is 6.61 Å². The maximum atomic E-state index is 11.4. The van der Waals surface area contributed by atoms with E-state index in [1.807, 2.05) is 6.92 Å². The topological polar surface area (TPSA) is 79.9 Å². The van der Waals surface area contributed by atoms with Crippen molar-refractivity contribution in [3.63, 3.8) is 0 Å². The second-order valence-electron chi connectivity index (χ2n) is 3.40. The maximum absolute atomic E-state index is 11.4. The van der Waals surface area contributed by atoms with Crippen LogP contribution in [0.15, 0.2) is 0 Å². The van der Waals surface area contributed by atoms with E-state index < -0.39 is 0 Å². The predicted molar refractivity (Wildman–Crippen MR) is 60.3 cm³/mol. The quantitative estimate of drug-likeness (QED) is 0.694. The van der Waals surface area contributed by atoms with E-state index in [1.54, 1.807) is 0 Å². The van der Waals surface area contributed by atoms with Crippen LogP contribution in [-0.4, -0.2) is 27.7 Å². The highest BCUT2D eigenvalue weighted by molar-refractivity contribution is 5.88. The molecule has 0 aliphatic carbocycles. The average molecular weight is 226 g/mol. The average Bonchev–Trinajstić information content (AvgIpc) is 2.66. The van der Waals surface area contributed by atoms with Gasteiger partial charge in [-0.05, 0) is 13.3 Å². The van der Waals surface area contributed by atoms with Crippen LogP contribution in [0.4, 0.5) is 5.95 Å². The Kier molecular flexibility index (Phi) is 5.31. The third-order valence-electron chi connectivity index (χ3n) is 2.00. The molecule has 0 atom stereocenters. The van der Waals surface area contributed by atoms with Gasteiger partial charge in [-0.1, -0.05) is 19.8 Å². The molecule has 0 spiro atoms. The molecule has 1 amide bonds. The number of unbranched alkanes of at least 4 members (excludes halogenated alkanes) is 2. The summed E-state index contributed by atoms with van der Waals surface area (Å²) in [6.07, 6.45) is 3.57. The number of nitrogens with one attached hydrogen (secondary N) is 2. The standard InChI is InChI=1S/C10H18N4O2/c1-3-5-6-7-8(15)11-9-12-10(14-13-9)16-4-2/h3-7H2,1-2H3,(H2,11,12,13,14,15). The van der Waals surface area contributed by atoms with E-state index in [0.29, 0.717) is 19.0 Å². The number of rotatable bonds is 7. The molecule has 0 aliphatic rings. The first-order valence-corrected chi connectivity index (χ1v) is 5.61. The van der Waals surface area contributed by atoms with Gasteiger partial charge in [0, 0.05) is 6.42 Å². The van der Waals surface area contributed by atoms with E-state index >= 15 is 0 Å². The zero-order valence-corrected chi connectivity index (χ0v) is 9.75. The molecule has 0 radical (unpaired) electrons. The van der Waals surface area contributed by atoms with Crippen LogP contribution in [0.3, 0.4) is 0 Å². The van der Waals surface area contributed by atoms with Crippen LogP contribution >= 0.6 is 0 Å². The van der Waals surface area contributed by atoms with Gasteiger partial charge in [-0.2, -0.15) is 4.98 Å². The van der Waals surface area contributed by atoms with E-state index in [-0.39, 0.29) is 11.9 Å². The summed E-state index contributed by atoms with van der Waals surface area (Å²) in [5, 5.41) is 9.01. The number of carbonyl (C=O) groups is 1. The second kappa shape index (κ2) is 6.81. The summed E-state index contributed by atoms with van der Waals surface area (Å²) in [7, 11) is 0. The van der Waals surface area contributed by atoms with Crippen LogP contribution in [0.25, 0.3) is 0 Å². The number of hydrogen-bond donors (Lipinski definition) is 2. The first-order valence-electron chi connectivity index (χ1n) is 5.61. The summed E-state index contributed by atoms with van der Waals surface area (Å²) < 4.78 is 5.06. The minimum Gasteiger partial charge on any atom is -0.463 e. The monoisotopic (exact) mass is 226 g/mol. The molecule has 16 heavy (non-hydrogen) atoms. The highest BCUT2D eigenvalue weighted by Gasteiger charge is 2.06. The molecule has 1 aromatic heterocycles. The van der Waals surface area contributed by atoms with Crippen LogP contribution < -0.4 is 10.1 Å². The Bertz CT molecular complexity index is 324. The zero-order chi connectivity index (χ0) is 11.8. The predicted octanol–water partition coefficient (Wildman–Crippen LogP) is 1.72. The van der Waals surface area contributed by atoms with E-state index in [4.69, 9.17) is 4.74 Å². The summed E-state index contributed by atoms with van der Waals surface area (Å²) in [5.41, 5.74) is 0.